The highest BCUT2D eigenvalue weighted by atomic mass is 32.1. The normalized spacial score (nSPS) is 10.1. The van der Waals surface area contributed by atoms with Crippen molar-refractivity contribution in [3.63, 3.8) is 0 Å². The summed E-state index contributed by atoms with van der Waals surface area (Å²) in [5.74, 6) is -2.73. The van der Waals surface area contributed by atoms with Crippen LogP contribution < -0.4 is 21.5 Å². The van der Waals surface area contributed by atoms with Crippen molar-refractivity contribution in [1.29, 1.82) is 0 Å². The van der Waals surface area contributed by atoms with Gasteiger partial charge in [0, 0.05) is 17.3 Å². The molecule has 0 aliphatic carbocycles. The van der Waals surface area contributed by atoms with Gasteiger partial charge in [-0.2, -0.15) is 0 Å². The first-order chi connectivity index (χ1) is 12.4. The van der Waals surface area contributed by atoms with Crippen LogP contribution in [0.2, 0.25) is 0 Å². The van der Waals surface area contributed by atoms with Gasteiger partial charge in [-0.1, -0.05) is 12.1 Å². The van der Waals surface area contributed by atoms with Crippen LogP contribution in [0.3, 0.4) is 0 Å². The van der Waals surface area contributed by atoms with E-state index in [2.05, 4.69) is 16.1 Å². The third-order valence-corrected chi connectivity index (χ3v) is 3.91. The molecule has 0 spiro atoms. The Balaban J connectivity index is 1.94. The first kappa shape index (κ1) is 19.1. The smallest absolute Gasteiger partial charge is 0.327 e. The minimum atomic E-state index is -0.978. The minimum Gasteiger partial charge on any atom is -0.346 e. The van der Waals surface area contributed by atoms with Crippen LogP contribution in [-0.4, -0.2) is 29.7 Å². The lowest BCUT2D eigenvalue weighted by Gasteiger charge is -2.10. The Morgan fingerprint density at radius 3 is 2.35 bits per heavy atom. The molecule has 9 heteroatoms. The molecule has 26 heavy (non-hydrogen) atoms. The van der Waals surface area contributed by atoms with Gasteiger partial charge in [0.1, 0.15) is 0 Å². The Labute approximate surface area is 153 Å². The van der Waals surface area contributed by atoms with Gasteiger partial charge in [0.15, 0.2) is 0 Å². The van der Waals surface area contributed by atoms with E-state index in [9.17, 15) is 19.2 Å². The van der Waals surface area contributed by atoms with E-state index in [0.717, 1.165) is 0 Å². The molecule has 0 unspecified atom stereocenters. The number of hydrogen-bond acceptors (Lipinski definition) is 5. The number of carbonyl (C=O) groups is 4. The van der Waals surface area contributed by atoms with E-state index >= 15 is 0 Å². The second kappa shape index (κ2) is 8.77. The van der Waals surface area contributed by atoms with Crippen LogP contribution in [-0.2, 0) is 9.59 Å². The zero-order chi connectivity index (χ0) is 19.1. The fraction of sp³-hybridized carbons (Fsp3) is 0.176. The lowest BCUT2D eigenvalue weighted by molar-refractivity contribution is -0.139. The molecule has 0 fully saturated rings. The molecule has 4 amide bonds. The average molecular weight is 374 g/mol. The van der Waals surface area contributed by atoms with Gasteiger partial charge >= 0.3 is 11.8 Å². The summed E-state index contributed by atoms with van der Waals surface area (Å²) in [6, 6.07) is 9.45. The maximum absolute atomic E-state index is 12.1. The quantitative estimate of drug-likeness (QED) is 0.476. The van der Waals surface area contributed by atoms with Crippen molar-refractivity contribution >= 4 is 40.7 Å². The summed E-state index contributed by atoms with van der Waals surface area (Å²) in [5.41, 5.74) is 4.82. The third kappa shape index (κ3) is 5.42. The predicted molar refractivity (Wildman–Crippen MR) is 97.6 cm³/mol. The van der Waals surface area contributed by atoms with E-state index in [4.69, 9.17) is 0 Å². The highest BCUT2D eigenvalue weighted by Gasteiger charge is 2.16. The number of carbonyl (C=O) groups excluding carboxylic acids is 4. The minimum absolute atomic E-state index is 0.201. The summed E-state index contributed by atoms with van der Waals surface area (Å²) in [7, 11) is 0. The number of benzene rings is 1. The number of rotatable bonds is 4. The van der Waals surface area contributed by atoms with Gasteiger partial charge < -0.3 is 10.6 Å². The Kier molecular flexibility index (Phi) is 6.45. The van der Waals surface area contributed by atoms with E-state index in [1.165, 1.54) is 23.5 Å². The molecule has 0 radical (unpaired) electrons. The van der Waals surface area contributed by atoms with Gasteiger partial charge in [-0.15, -0.1) is 11.3 Å². The van der Waals surface area contributed by atoms with Crippen LogP contribution in [0, 0.1) is 0 Å². The molecule has 136 valence electrons. The monoisotopic (exact) mass is 374 g/mol. The average Bonchev–Trinajstić information content (AvgIpc) is 3.13. The highest BCUT2D eigenvalue weighted by molar-refractivity contribution is 7.12. The summed E-state index contributed by atoms with van der Waals surface area (Å²) in [4.78, 5) is 47.7. The SMILES string of the molecule is CC(C)NC(=O)C(=O)NNC(=O)c1cccc(NC(=O)c2cccs2)c1. The van der Waals surface area contributed by atoms with Gasteiger partial charge in [-0.05, 0) is 43.5 Å². The van der Waals surface area contributed by atoms with Crippen molar-refractivity contribution in [1.82, 2.24) is 16.2 Å². The number of amides is 4. The first-order valence-corrected chi connectivity index (χ1v) is 8.61. The van der Waals surface area contributed by atoms with E-state index < -0.39 is 17.7 Å². The molecule has 2 aromatic rings. The van der Waals surface area contributed by atoms with Gasteiger partial charge in [-0.25, -0.2) is 0 Å². The maximum Gasteiger partial charge on any atom is 0.327 e. The predicted octanol–water partition coefficient (Wildman–Crippen LogP) is 1.29. The van der Waals surface area contributed by atoms with Crippen molar-refractivity contribution in [2.24, 2.45) is 0 Å². The maximum atomic E-state index is 12.1. The van der Waals surface area contributed by atoms with E-state index in [1.54, 1.807) is 43.5 Å². The molecule has 0 atom stereocenters. The van der Waals surface area contributed by atoms with Crippen molar-refractivity contribution in [2.75, 3.05) is 5.32 Å². The summed E-state index contributed by atoms with van der Waals surface area (Å²) in [6.45, 7) is 3.42. The molecule has 0 saturated heterocycles. The molecular formula is C17H18N4O4S. The Morgan fingerprint density at radius 1 is 0.923 bits per heavy atom. The van der Waals surface area contributed by atoms with Crippen LogP contribution in [0.5, 0.6) is 0 Å². The molecule has 1 aromatic carbocycles. The fourth-order valence-corrected chi connectivity index (χ4v) is 2.53. The Morgan fingerprint density at radius 2 is 1.69 bits per heavy atom. The van der Waals surface area contributed by atoms with Gasteiger partial charge in [0.25, 0.3) is 11.8 Å². The molecular weight excluding hydrogens is 356 g/mol. The van der Waals surface area contributed by atoms with Crippen LogP contribution in [0.15, 0.2) is 41.8 Å². The number of hydrogen-bond donors (Lipinski definition) is 4. The van der Waals surface area contributed by atoms with E-state index in [0.29, 0.717) is 10.6 Å². The van der Waals surface area contributed by atoms with Crippen molar-refractivity contribution in [3.05, 3.63) is 52.2 Å². The molecule has 0 aliphatic rings. The largest absolute Gasteiger partial charge is 0.346 e. The lowest BCUT2D eigenvalue weighted by atomic mass is 10.2. The molecule has 0 bridgehead atoms. The molecule has 1 aromatic heterocycles. The topological polar surface area (TPSA) is 116 Å². The molecule has 2 rings (SSSR count). The lowest BCUT2D eigenvalue weighted by Crippen LogP contribution is -2.49. The second-order valence-corrected chi connectivity index (χ2v) is 6.50. The van der Waals surface area contributed by atoms with E-state index in [1.807, 2.05) is 5.43 Å². The summed E-state index contributed by atoms with van der Waals surface area (Å²) < 4.78 is 0. The Bertz CT molecular complexity index is 818. The zero-order valence-corrected chi connectivity index (χ0v) is 15.0. The summed E-state index contributed by atoms with van der Waals surface area (Å²) in [6.07, 6.45) is 0. The standard InChI is InChI=1S/C17H18N4O4S/c1-10(2)18-16(24)17(25)21-20-14(22)11-5-3-6-12(9-11)19-15(23)13-7-4-8-26-13/h3-10H,1-2H3,(H,18,24)(H,19,23)(H,20,22)(H,21,25). The first-order valence-electron chi connectivity index (χ1n) is 7.73. The molecule has 0 aliphatic heterocycles. The number of thiophene rings is 1. The number of nitrogens with one attached hydrogen (secondary N) is 4. The van der Waals surface area contributed by atoms with Gasteiger partial charge in [0.2, 0.25) is 0 Å². The molecule has 4 N–H and O–H groups in total. The fourth-order valence-electron chi connectivity index (χ4n) is 1.91. The number of hydrazine groups is 1. The van der Waals surface area contributed by atoms with Crippen molar-refractivity contribution in [3.8, 4) is 0 Å². The van der Waals surface area contributed by atoms with Gasteiger partial charge in [0.05, 0.1) is 4.88 Å². The third-order valence-electron chi connectivity index (χ3n) is 3.04. The van der Waals surface area contributed by atoms with Crippen LogP contribution in [0.4, 0.5) is 5.69 Å². The van der Waals surface area contributed by atoms with E-state index in [-0.39, 0.29) is 17.5 Å². The van der Waals surface area contributed by atoms with Crippen LogP contribution >= 0.6 is 11.3 Å². The van der Waals surface area contributed by atoms with Crippen molar-refractivity contribution < 1.29 is 19.2 Å². The Hall–Kier alpha value is -3.20. The number of anilines is 1. The molecule has 1 heterocycles. The summed E-state index contributed by atoms with van der Waals surface area (Å²) >= 11 is 1.30. The van der Waals surface area contributed by atoms with Crippen LogP contribution in [0.25, 0.3) is 0 Å². The summed E-state index contributed by atoms with van der Waals surface area (Å²) in [5, 5.41) is 6.87. The molecule has 0 saturated carbocycles. The van der Waals surface area contributed by atoms with Crippen LogP contribution in [0.1, 0.15) is 33.9 Å². The molecule has 8 nitrogen and oxygen atoms in total. The van der Waals surface area contributed by atoms with Gasteiger partial charge in [-0.3, -0.25) is 30.0 Å². The second-order valence-electron chi connectivity index (χ2n) is 5.55. The zero-order valence-electron chi connectivity index (χ0n) is 14.2. The van der Waals surface area contributed by atoms with Crippen molar-refractivity contribution in [2.45, 2.75) is 19.9 Å². The highest BCUT2D eigenvalue weighted by Crippen LogP contribution is 2.14.